The van der Waals surface area contributed by atoms with Crippen LogP contribution < -0.4 is 9.62 Å². The number of anilines is 1. The Hall–Kier alpha value is -1.31. The van der Waals surface area contributed by atoms with Crippen molar-refractivity contribution in [2.24, 2.45) is 5.92 Å². The first-order valence-electron chi connectivity index (χ1n) is 8.98. The van der Waals surface area contributed by atoms with Gasteiger partial charge in [-0.3, -0.25) is 9.10 Å². The molecule has 8 heteroatoms. The Morgan fingerprint density at radius 1 is 1.35 bits per heavy atom. The SMILES string of the molecule is CC1CCN(CCCNC(=O)CN(c2cccc(Cl)c2)S(C)(=O)=O)CC1. The summed E-state index contributed by atoms with van der Waals surface area (Å²) in [5.41, 5.74) is 0.387. The van der Waals surface area contributed by atoms with Crippen LogP contribution in [0.1, 0.15) is 26.2 Å². The lowest BCUT2D eigenvalue weighted by molar-refractivity contribution is -0.119. The van der Waals surface area contributed by atoms with Crippen LogP contribution in [0.25, 0.3) is 0 Å². The maximum Gasteiger partial charge on any atom is 0.240 e. The van der Waals surface area contributed by atoms with Gasteiger partial charge in [0.15, 0.2) is 0 Å². The number of nitrogens with one attached hydrogen (secondary N) is 1. The van der Waals surface area contributed by atoms with Gasteiger partial charge in [-0.2, -0.15) is 0 Å². The fraction of sp³-hybridized carbons (Fsp3) is 0.611. The number of halogens is 1. The Bertz CT molecular complexity index is 703. The first-order valence-corrected chi connectivity index (χ1v) is 11.2. The summed E-state index contributed by atoms with van der Waals surface area (Å²) < 4.78 is 25.1. The van der Waals surface area contributed by atoms with E-state index in [0.29, 0.717) is 17.3 Å². The van der Waals surface area contributed by atoms with Crippen LogP contribution in [0.15, 0.2) is 24.3 Å². The van der Waals surface area contributed by atoms with Crippen molar-refractivity contribution in [3.8, 4) is 0 Å². The molecular formula is C18H28ClN3O3S. The van der Waals surface area contributed by atoms with E-state index in [1.54, 1.807) is 18.2 Å². The third kappa shape index (κ3) is 6.78. The van der Waals surface area contributed by atoms with Crippen molar-refractivity contribution in [2.45, 2.75) is 26.2 Å². The maximum absolute atomic E-state index is 12.2. The van der Waals surface area contributed by atoms with Crippen LogP contribution in [0.2, 0.25) is 5.02 Å². The Kier molecular flexibility index (Phi) is 7.73. The van der Waals surface area contributed by atoms with E-state index in [0.717, 1.165) is 42.5 Å². The standard InChI is InChI=1S/C18H28ClN3O3S/c1-15-7-11-21(12-8-15)10-4-9-20-18(23)14-22(26(2,24)25)17-6-3-5-16(19)13-17/h3,5-6,13,15H,4,7-12,14H2,1-2H3,(H,20,23). The Morgan fingerprint density at radius 2 is 2.04 bits per heavy atom. The van der Waals surface area contributed by atoms with Crippen molar-refractivity contribution in [2.75, 3.05) is 43.3 Å². The molecule has 0 aromatic heterocycles. The average Bonchev–Trinajstić information content (AvgIpc) is 2.57. The van der Waals surface area contributed by atoms with Gasteiger partial charge < -0.3 is 10.2 Å². The third-order valence-corrected chi connectivity index (χ3v) is 6.01. The molecule has 1 N–H and O–H groups in total. The van der Waals surface area contributed by atoms with Crippen molar-refractivity contribution in [3.63, 3.8) is 0 Å². The second-order valence-electron chi connectivity index (χ2n) is 6.98. The van der Waals surface area contributed by atoms with Crippen LogP contribution in [0, 0.1) is 5.92 Å². The normalized spacial score (nSPS) is 16.4. The molecule has 1 saturated heterocycles. The van der Waals surface area contributed by atoms with Crippen LogP contribution in [0.3, 0.4) is 0 Å². The van der Waals surface area contributed by atoms with Crippen LogP contribution >= 0.6 is 11.6 Å². The van der Waals surface area contributed by atoms with Gasteiger partial charge >= 0.3 is 0 Å². The second kappa shape index (κ2) is 9.58. The Morgan fingerprint density at radius 3 is 2.65 bits per heavy atom. The van der Waals surface area contributed by atoms with Crippen LogP contribution in [0.5, 0.6) is 0 Å². The summed E-state index contributed by atoms with van der Waals surface area (Å²) >= 11 is 5.93. The lowest BCUT2D eigenvalue weighted by Crippen LogP contribution is -2.41. The average molecular weight is 402 g/mol. The topological polar surface area (TPSA) is 69.7 Å². The number of sulfonamides is 1. The molecule has 1 aromatic carbocycles. The highest BCUT2D eigenvalue weighted by Crippen LogP contribution is 2.21. The second-order valence-corrected chi connectivity index (χ2v) is 9.32. The minimum atomic E-state index is -3.58. The third-order valence-electron chi connectivity index (χ3n) is 4.63. The zero-order valence-electron chi connectivity index (χ0n) is 15.4. The molecule has 0 unspecified atom stereocenters. The molecular weight excluding hydrogens is 374 g/mol. The molecule has 6 nitrogen and oxygen atoms in total. The van der Waals surface area contributed by atoms with E-state index in [1.165, 1.54) is 18.9 Å². The van der Waals surface area contributed by atoms with Crippen LogP contribution in [-0.2, 0) is 14.8 Å². The smallest absolute Gasteiger partial charge is 0.240 e. The van der Waals surface area contributed by atoms with E-state index in [2.05, 4.69) is 17.1 Å². The zero-order chi connectivity index (χ0) is 19.2. The van der Waals surface area contributed by atoms with Crippen molar-refractivity contribution in [3.05, 3.63) is 29.3 Å². The fourth-order valence-electron chi connectivity index (χ4n) is 3.03. The molecule has 0 bridgehead atoms. The zero-order valence-corrected chi connectivity index (χ0v) is 17.0. The number of amides is 1. The van der Waals surface area contributed by atoms with Crippen molar-refractivity contribution >= 4 is 33.2 Å². The summed E-state index contributed by atoms with van der Waals surface area (Å²) in [6, 6.07) is 6.48. The van der Waals surface area contributed by atoms with Crippen LogP contribution in [-0.4, -0.2) is 58.2 Å². The predicted octanol–water partition coefficient (Wildman–Crippen LogP) is 2.34. The monoisotopic (exact) mass is 401 g/mol. The number of rotatable bonds is 8. The highest BCUT2D eigenvalue weighted by molar-refractivity contribution is 7.92. The van der Waals surface area contributed by atoms with Gasteiger partial charge in [-0.05, 0) is 63.0 Å². The van der Waals surface area contributed by atoms with Gasteiger partial charge in [0.2, 0.25) is 15.9 Å². The first kappa shape index (κ1) is 21.0. The molecule has 1 aromatic rings. The van der Waals surface area contributed by atoms with Gasteiger partial charge in [-0.15, -0.1) is 0 Å². The molecule has 1 fully saturated rings. The summed E-state index contributed by atoms with van der Waals surface area (Å²) in [5, 5.41) is 3.24. The molecule has 0 radical (unpaired) electrons. The molecule has 1 amide bonds. The van der Waals surface area contributed by atoms with E-state index < -0.39 is 10.0 Å². The number of piperidine rings is 1. The highest BCUT2D eigenvalue weighted by atomic mass is 35.5. The van der Waals surface area contributed by atoms with Crippen molar-refractivity contribution < 1.29 is 13.2 Å². The van der Waals surface area contributed by atoms with E-state index in [1.807, 2.05) is 0 Å². The summed E-state index contributed by atoms with van der Waals surface area (Å²) in [7, 11) is -3.58. The molecule has 0 aliphatic carbocycles. The molecule has 26 heavy (non-hydrogen) atoms. The van der Waals surface area contributed by atoms with Crippen LogP contribution in [0.4, 0.5) is 5.69 Å². The summed E-state index contributed by atoms with van der Waals surface area (Å²) in [6.45, 7) is 5.76. The quantitative estimate of drug-likeness (QED) is 0.679. The summed E-state index contributed by atoms with van der Waals surface area (Å²) in [4.78, 5) is 14.6. The van der Waals surface area contributed by atoms with E-state index in [4.69, 9.17) is 11.6 Å². The summed E-state index contributed by atoms with van der Waals surface area (Å²) in [6.07, 6.45) is 4.40. The van der Waals surface area contributed by atoms with Crippen molar-refractivity contribution in [1.82, 2.24) is 10.2 Å². The largest absolute Gasteiger partial charge is 0.354 e. The first-order chi connectivity index (χ1) is 12.3. The molecule has 146 valence electrons. The number of hydrogen-bond donors (Lipinski definition) is 1. The van der Waals surface area contributed by atoms with E-state index in [-0.39, 0.29) is 12.5 Å². The fourth-order valence-corrected chi connectivity index (χ4v) is 4.07. The Labute approximate surface area is 161 Å². The molecule has 1 heterocycles. The number of likely N-dealkylation sites (tertiary alicyclic amines) is 1. The number of benzene rings is 1. The van der Waals surface area contributed by atoms with Gasteiger partial charge in [0, 0.05) is 11.6 Å². The molecule has 2 rings (SSSR count). The summed E-state index contributed by atoms with van der Waals surface area (Å²) in [5.74, 6) is 0.488. The van der Waals surface area contributed by atoms with E-state index >= 15 is 0 Å². The minimum Gasteiger partial charge on any atom is -0.354 e. The lowest BCUT2D eigenvalue weighted by atomic mass is 9.99. The number of carbonyl (C=O) groups is 1. The number of carbonyl (C=O) groups excluding carboxylic acids is 1. The maximum atomic E-state index is 12.2. The highest BCUT2D eigenvalue weighted by Gasteiger charge is 2.21. The van der Waals surface area contributed by atoms with Gasteiger partial charge in [0.05, 0.1) is 11.9 Å². The lowest BCUT2D eigenvalue weighted by Gasteiger charge is -2.30. The van der Waals surface area contributed by atoms with Gasteiger partial charge in [-0.1, -0.05) is 24.6 Å². The molecule has 0 saturated carbocycles. The Balaban J connectivity index is 1.80. The molecule has 1 aliphatic heterocycles. The minimum absolute atomic E-state index is 0.250. The van der Waals surface area contributed by atoms with E-state index in [9.17, 15) is 13.2 Å². The number of nitrogens with zero attached hydrogens (tertiary/aromatic N) is 2. The van der Waals surface area contributed by atoms with Crippen molar-refractivity contribution in [1.29, 1.82) is 0 Å². The molecule has 0 atom stereocenters. The predicted molar refractivity (Wildman–Crippen MR) is 106 cm³/mol. The van der Waals surface area contributed by atoms with Gasteiger partial charge in [0.1, 0.15) is 6.54 Å². The molecule has 1 aliphatic rings. The van der Waals surface area contributed by atoms with Gasteiger partial charge in [0.25, 0.3) is 0 Å². The number of hydrogen-bond acceptors (Lipinski definition) is 4. The molecule has 0 spiro atoms. The van der Waals surface area contributed by atoms with Gasteiger partial charge in [-0.25, -0.2) is 8.42 Å².